The zero-order valence-corrected chi connectivity index (χ0v) is 14.4. The third-order valence-corrected chi connectivity index (χ3v) is 4.34. The summed E-state index contributed by atoms with van der Waals surface area (Å²) < 4.78 is 16.2. The Morgan fingerprint density at radius 1 is 1.29 bits per heavy atom. The molecule has 0 saturated carbocycles. The molecule has 2 aromatic rings. The fraction of sp³-hybridized carbons (Fsp3) is 0.533. The van der Waals surface area contributed by atoms with Gasteiger partial charge in [0.25, 0.3) is 0 Å². The van der Waals surface area contributed by atoms with E-state index in [0.717, 1.165) is 24.1 Å². The van der Waals surface area contributed by atoms with Gasteiger partial charge in [0.15, 0.2) is 4.77 Å². The largest absolute Gasteiger partial charge is 0.331 e. The highest BCUT2D eigenvalue weighted by atomic mass is 35.5. The first-order valence-corrected chi connectivity index (χ1v) is 7.93. The Kier molecular flexibility index (Phi) is 5.07. The van der Waals surface area contributed by atoms with Crippen LogP contribution >= 0.6 is 23.8 Å². The van der Waals surface area contributed by atoms with Crippen molar-refractivity contribution < 1.29 is 4.39 Å². The molecule has 1 heterocycles. The van der Waals surface area contributed by atoms with Crippen LogP contribution in [-0.4, -0.2) is 33.1 Å². The lowest BCUT2D eigenvalue weighted by Crippen LogP contribution is -2.39. The first-order valence-electron chi connectivity index (χ1n) is 7.14. The number of fused-ring (bicyclic) bond motifs is 1. The molecule has 0 amide bonds. The highest BCUT2D eigenvalue weighted by molar-refractivity contribution is 7.71. The molecule has 0 unspecified atom stereocenters. The molecule has 3 nitrogen and oxygen atoms in total. The van der Waals surface area contributed by atoms with E-state index in [0.29, 0.717) is 16.9 Å². The predicted molar refractivity (Wildman–Crippen MR) is 89.1 cm³/mol. The van der Waals surface area contributed by atoms with E-state index in [9.17, 15) is 4.39 Å². The second-order valence-electron chi connectivity index (χ2n) is 5.79. The molecule has 116 valence electrons. The topological polar surface area (TPSA) is 24.0 Å². The van der Waals surface area contributed by atoms with Gasteiger partial charge in [0.1, 0.15) is 5.82 Å². The third-order valence-electron chi connectivity index (χ3n) is 3.72. The number of imidazole rings is 1. The van der Waals surface area contributed by atoms with E-state index < -0.39 is 5.82 Å². The van der Waals surface area contributed by atoms with Crippen molar-refractivity contribution >= 4 is 34.9 Å². The Labute approximate surface area is 134 Å². The van der Waals surface area contributed by atoms with Crippen molar-refractivity contribution in [2.75, 3.05) is 6.54 Å². The molecule has 0 spiro atoms. The molecule has 0 atom stereocenters. The van der Waals surface area contributed by atoms with Gasteiger partial charge in [-0.15, -0.1) is 0 Å². The second-order valence-corrected chi connectivity index (χ2v) is 6.58. The molecule has 2 rings (SSSR count). The summed E-state index contributed by atoms with van der Waals surface area (Å²) in [5.74, 6) is -0.420. The lowest BCUT2D eigenvalue weighted by atomic mass is 10.2. The quantitative estimate of drug-likeness (QED) is 0.810. The summed E-state index contributed by atoms with van der Waals surface area (Å²) in [6, 6.07) is 3.94. The van der Waals surface area contributed by atoms with E-state index in [1.54, 1.807) is 6.07 Å². The van der Waals surface area contributed by atoms with E-state index in [-0.39, 0.29) is 5.02 Å². The van der Waals surface area contributed by atoms with Gasteiger partial charge >= 0.3 is 0 Å². The average molecular weight is 330 g/mol. The van der Waals surface area contributed by atoms with Crippen molar-refractivity contribution in [2.45, 2.75) is 46.3 Å². The van der Waals surface area contributed by atoms with E-state index in [4.69, 9.17) is 23.8 Å². The van der Waals surface area contributed by atoms with E-state index in [2.05, 4.69) is 37.6 Å². The second kappa shape index (κ2) is 6.46. The Balaban J connectivity index is 2.32. The normalized spacial score (nSPS) is 12.2. The minimum atomic E-state index is -0.420. The summed E-state index contributed by atoms with van der Waals surface area (Å²) in [5.41, 5.74) is 1.53. The molecule has 0 aliphatic heterocycles. The molecule has 1 aromatic carbocycles. The van der Waals surface area contributed by atoms with Crippen LogP contribution in [0, 0.1) is 10.6 Å². The summed E-state index contributed by atoms with van der Waals surface area (Å²) in [6.45, 7) is 10.3. The number of H-pyrrole nitrogens is 1. The van der Waals surface area contributed by atoms with Crippen LogP contribution in [0.5, 0.6) is 0 Å². The highest BCUT2D eigenvalue weighted by Gasteiger charge is 2.15. The number of hydrogen-bond donors (Lipinski definition) is 1. The van der Waals surface area contributed by atoms with Crippen LogP contribution in [0.2, 0.25) is 5.02 Å². The van der Waals surface area contributed by atoms with Crippen molar-refractivity contribution in [3.05, 3.63) is 27.7 Å². The predicted octanol–water partition coefficient (Wildman–Crippen LogP) is 4.61. The van der Waals surface area contributed by atoms with Gasteiger partial charge in [-0.3, -0.25) is 4.90 Å². The monoisotopic (exact) mass is 329 g/mol. The molecule has 0 fully saturated rings. The summed E-state index contributed by atoms with van der Waals surface area (Å²) in [6.07, 6.45) is 0. The van der Waals surface area contributed by atoms with Crippen molar-refractivity contribution in [2.24, 2.45) is 0 Å². The van der Waals surface area contributed by atoms with Crippen LogP contribution < -0.4 is 0 Å². The van der Waals surface area contributed by atoms with Crippen LogP contribution in [0.4, 0.5) is 4.39 Å². The standard InChI is InChI=1S/C15H21ClFN3S/c1-9(2)19(10(3)4)5-6-20-14-8-12(17)11(16)7-13(14)18-15(20)21/h7-10H,5-6H2,1-4H3,(H,18,21). The molecule has 0 saturated heterocycles. The number of hydrogen-bond acceptors (Lipinski definition) is 2. The number of aromatic amines is 1. The van der Waals surface area contributed by atoms with Crippen LogP contribution in [0.3, 0.4) is 0 Å². The van der Waals surface area contributed by atoms with Crippen LogP contribution in [0.1, 0.15) is 27.7 Å². The Hall–Kier alpha value is -0.910. The van der Waals surface area contributed by atoms with Gasteiger partial charge in [0.05, 0.1) is 16.1 Å². The molecular weight excluding hydrogens is 309 g/mol. The van der Waals surface area contributed by atoms with Crippen molar-refractivity contribution in [1.29, 1.82) is 0 Å². The number of halogens is 2. The number of nitrogens with one attached hydrogen (secondary N) is 1. The van der Waals surface area contributed by atoms with E-state index >= 15 is 0 Å². The molecule has 1 aromatic heterocycles. The first kappa shape index (κ1) is 16.5. The minimum absolute atomic E-state index is 0.108. The van der Waals surface area contributed by atoms with Crippen molar-refractivity contribution in [3.63, 3.8) is 0 Å². The van der Waals surface area contributed by atoms with Crippen LogP contribution in [-0.2, 0) is 6.54 Å². The molecule has 6 heteroatoms. The minimum Gasteiger partial charge on any atom is -0.331 e. The number of aromatic nitrogens is 2. The fourth-order valence-corrected chi connectivity index (χ4v) is 3.17. The SMILES string of the molecule is CC(C)N(CCn1c(=S)[nH]c2cc(Cl)c(F)cc21)C(C)C. The molecular formula is C15H21ClFN3S. The summed E-state index contributed by atoms with van der Waals surface area (Å²) >= 11 is 11.2. The van der Waals surface area contributed by atoms with Crippen molar-refractivity contribution in [1.82, 2.24) is 14.5 Å². The van der Waals surface area contributed by atoms with Crippen molar-refractivity contribution in [3.8, 4) is 0 Å². The number of benzene rings is 1. The maximum absolute atomic E-state index is 13.7. The molecule has 0 aliphatic rings. The van der Waals surface area contributed by atoms with E-state index in [1.165, 1.54) is 6.07 Å². The zero-order chi connectivity index (χ0) is 15.7. The van der Waals surface area contributed by atoms with Gasteiger partial charge in [0.2, 0.25) is 0 Å². The van der Waals surface area contributed by atoms with Gasteiger partial charge in [-0.25, -0.2) is 4.39 Å². The summed E-state index contributed by atoms with van der Waals surface area (Å²) in [5, 5.41) is 0.108. The Morgan fingerprint density at radius 3 is 2.48 bits per heavy atom. The fourth-order valence-electron chi connectivity index (χ4n) is 2.70. The number of nitrogens with zero attached hydrogens (tertiary/aromatic N) is 2. The molecule has 1 N–H and O–H groups in total. The average Bonchev–Trinajstić information content (AvgIpc) is 2.65. The third kappa shape index (κ3) is 3.47. The van der Waals surface area contributed by atoms with Gasteiger partial charge < -0.3 is 9.55 Å². The molecule has 0 radical (unpaired) electrons. The van der Waals surface area contributed by atoms with Crippen LogP contribution in [0.25, 0.3) is 11.0 Å². The van der Waals surface area contributed by atoms with Gasteiger partial charge in [-0.2, -0.15) is 0 Å². The van der Waals surface area contributed by atoms with E-state index in [1.807, 2.05) is 4.57 Å². The summed E-state index contributed by atoms with van der Waals surface area (Å²) in [7, 11) is 0. The first-order chi connectivity index (χ1) is 9.81. The van der Waals surface area contributed by atoms with Gasteiger partial charge in [-0.1, -0.05) is 11.6 Å². The van der Waals surface area contributed by atoms with Gasteiger partial charge in [0, 0.05) is 31.2 Å². The molecule has 0 bridgehead atoms. The Morgan fingerprint density at radius 2 is 1.90 bits per heavy atom. The lowest BCUT2D eigenvalue weighted by Gasteiger charge is -2.30. The summed E-state index contributed by atoms with van der Waals surface area (Å²) in [4.78, 5) is 5.47. The maximum atomic E-state index is 13.7. The van der Waals surface area contributed by atoms with Crippen LogP contribution in [0.15, 0.2) is 12.1 Å². The van der Waals surface area contributed by atoms with Gasteiger partial charge in [-0.05, 0) is 46.0 Å². The molecule has 21 heavy (non-hydrogen) atoms. The maximum Gasteiger partial charge on any atom is 0.178 e. The smallest absolute Gasteiger partial charge is 0.178 e. The lowest BCUT2D eigenvalue weighted by molar-refractivity contribution is 0.168. The zero-order valence-electron chi connectivity index (χ0n) is 12.8. The Bertz CT molecular complexity index is 682. The number of rotatable bonds is 5. The molecule has 0 aliphatic carbocycles. The highest BCUT2D eigenvalue weighted by Crippen LogP contribution is 2.23.